The molecule has 0 atom stereocenters. The lowest BCUT2D eigenvalue weighted by atomic mass is 9.74. The van der Waals surface area contributed by atoms with Gasteiger partial charge in [0.2, 0.25) is 0 Å². The van der Waals surface area contributed by atoms with Crippen LogP contribution in [0.15, 0.2) is 12.2 Å². The summed E-state index contributed by atoms with van der Waals surface area (Å²) in [6.45, 7) is 0. The van der Waals surface area contributed by atoms with Crippen molar-refractivity contribution in [1.82, 2.24) is 0 Å². The number of rotatable bonds is 0. The molecule has 1 saturated carbocycles. The first-order valence-corrected chi connectivity index (χ1v) is 3.67. The number of halogens is 1. The average molecular weight is 126 g/mol. The van der Waals surface area contributed by atoms with E-state index >= 15 is 0 Å². The molecule has 0 aromatic rings. The first-order valence-electron chi connectivity index (χ1n) is 3.67. The van der Waals surface area contributed by atoms with Crippen molar-refractivity contribution in [2.24, 2.45) is 5.92 Å². The second-order valence-corrected chi connectivity index (χ2v) is 3.23. The van der Waals surface area contributed by atoms with E-state index in [4.69, 9.17) is 0 Å². The van der Waals surface area contributed by atoms with Gasteiger partial charge in [-0.05, 0) is 31.6 Å². The van der Waals surface area contributed by atoms with Crippen molar-refractivity contribution < 1.29 is 4.39 Å². The molecule has 2 bridgehead atoms. The fourth-order valence-electron chi connectivity index (χ4n) is 1.79. The van der Waals surface area contributed by atoms with Crippen molar-refractivity contribution in [3.63, 3.8) is 0 Å². The zero-order chi connectivity index (χ0) is 6.32. The summed E-state index contributed by atoms with van der Waals surface area (Å²) in [4.78, 5) is 0. The van der Waals surface area contributed by atoms with Crippen LogP contribution in [0.25, 0.3) is 0 Å². The highest BCUT2D eigenvalue weighted by molar-refractivity contribution is 5.12. The molecule has 0 saturated heterocycles. The Morgan fingerprint density at radius 1 is 1.33 bits per heavy atom. The smallest absolute Gasteiger partial charge is 0.129 e. The fraction of sp³-hybridized carbons (Fsp3) is 0.750. The molecule has 0 nitrogen and oxygen atoms in total. The monoisotopic (exact) mass is 126 g/mol. The van der Waals surface area contributed by atoms with Crippen molar-refractivity contribution in [3.05, 3.63) is 12.2 Å². The highest BCUT2D eigenvalue weighted by atomic mass is 19.1. The summed E-state index contributed by atoms with van der Waals surface area (Å²) in [6.07, 6.45) is 7.51. The Labute approximate surface area is 54.8 Å². The Hall–Kier alpha value is -0.330. The van der Waals surface area contributed by atoms with Gasteiger partial charge in [0.15, 0.2) is 0 Å². The lowest BCUT2D eigenvalue weighted by Crippen LogP contribution is -2.31. The zero-order valence-electron chi connectivity index (χ0n) is 5.44. The minimum Gasteiger partial charge on any atom is -0.239 e. The van der Waals surface area contributed by atoms with Gasteiger partial charge in [-0.25, -0.2) is 4.39 Å². The standard InChI is InChI=1S/C8H11F/c9-8-4-1-7(2-5-8)3-6-8/h1,4,7H,2-3,5-6H2. The Morgan fingerprint density at radius 3 is 2.22 bits per heavy atom. The lowest BCUT2D eigenvalue weighted by molar-refractivity contribution is 0.129. The summed E-state index contributed by atoms with van der Waals surface area (Å²) >= 11 is 0. The maximum Gasteiger partial charge on any atom is 0.129 e. The predicted molar refractivity (Wildman–Crippen MR) is 34.9 cm³/mol. The molecular weight excluding hydrogens is 115 g/mol. The normalized spacial score (nSPS) is 47.9. The minimum absolute atomic E-state index is 0.711. The van der Waals surface area contributed by atoms with Crippen LogP contribution in [0.5, 0.6) is 0 Å². The Morgan fingerprint density at radius 2 is 2.00 bits per heavy atom. The molecule has 50 valence electrons. The first-order chi connectivity index (χ1) is 4.29. The Kier molecular flexibility index (Phi) is 0.961. The molecule has 0 aromatic carbocycles. The molecule has 1 heteroatoms. The predicted octanol–water partition coefficient (Wildman–Crippen LogP) is 2.45. The van der Waals surface area contributed by atoms with Crippen LogP contribution in [0.4, 0.5) is 4.39 Å². The number of hydrogen-bond acceptors (Lipinski definition) is 0. The van der Waals surface area contributed by atoms with E-state index in [0.29, 0.717) is 5.92 Å². The van der Waals surface area contributed by atoms with Gasteiger partial charge in [0.25, 0.3) is 0 Å². The van der Waals surface area contributed by atoms with E-state index < -0.39 is 5.67 Å². The van der Waals surface area contributed by atoms with Crippen LogP contribution in [0.3, 0.4) is 0 Å². The van der Waals surface area contributed by atoms with Gasteiger partial charge in [0, 0.05) is 0 Å². The van der Waals surface area contributed by atoms with Gasteiger partial charge in [0.1, 0.15) is 5.67 Å². The Balaban J connectivity index is 2.28. The summed E-state index contributed by atoms with van der Waals surface area (Å²) in [5.74, 6) is 0.711. The molecule has 0 N–H and O–H groups in total. The third-order valence-corrected chi connectivity index (χ3v) is 2.53. The molecule has 0 aromatic heterocycles. The van der Waals surface area contributed by atoms with E-state index in [9.17, 15) is 4.39 Å². The molecule has 0 radical (unpaired) electrons. The molecular formula is C8H11F. The Bertz CT molecular complexity index is 141. The number of hydrogen-bond donors (Lipinski definition) is 0. The summed E-state index contributed by atoms with van der Waals surface area (Å²) < 4.78 is 13.3. The summed E-state index contributed by atoms with van der Waals surface area (Å²) in [5, 5.41) is 0. The molecule has 0 aliphatic heterocycles. The van der Waals surface area contributed by atoms with Gasteiger partial charge in [0.05, 0.1) is 0 Å². The quantitative estimate of drug-likeness (QED) is 0.437. The number of allylic oxidation sites excluding steroid dienone is 2. The van der Waals surface area contributed by atoms with Gasteiger partial charge in [-0.15, -0.1) is 0 Å². The van der Waals surface area contributed by atoms with Crippen LogP contribution >= 0.6 is 0 Å². The molecule has 1 fully saturated rings. The number of alkyl halides is 1. The van der Waals surface area contributed by atoms with Crippen molar-refractivity contribution in [1.29, 1.82) is 0 Å². The molecule has 0 amide bonds. The summed E-state index contributed by atoms with van der Waals surface area (Å²) in [5.41, 5.74) is -0.894. The lowest BCUT2D eigenvalue weighted by Gasteiger charge is -2.35. The van der Waals surface area contributed by atoms with Crippen LogP contribution in [-0.2, 0) is 0 Å². The minimum atomic E-state index is -0.894. The molecule has 3 aliphatic carbocycles. The topological polar surface area (TPSA) is 0 Å². The second kappa shape index (κ2) is 1.59. The van der Waals surface area contributed by atoms with Crippen LogP contribution < -0.4 is 0 Å². The van der Waals surface area contributed by atoms with Crippen molar-refractivity contribution >= 4 is 0 Å². The van der Waals surface area contributed by atoms with Crippen molar-refractivity contribution in [2.75, 3.05) is 0 Å². The molecule has 0 unspecified atom stereocenters. The van der Waals surface area contributed by atoms with Gasteiger partial charge in [-0.2, -0.15) is 0 Å². The van der Waals surface area contributed by atoms with E-state index in [1.54, 1.807) is 6.08 Å². The second-order valence-electron chi connectivity index (χ2n) is 3.23. The van der Waals surface area contributed by atoms with Crippen molar-refractivity contribution in [3.8, 4) is 0 Å². The summed E-state index contributed by atoms with van der Waals surface area (Å²) in [7, 11) is 0. The zero-order valence-corrected chi connectivity index (χ0v) is 5.44. The average Bonchev–Trinajstić information content (AvgIpc) is 1.90. The van der Waals surface area contributed by atoms with Gasteiger partial charge >= 0.3 is 0 Å². The van der Waals surface area contributed by atoms with Crippen molar-refractivity contribution in [2.45, 2.75) is 31.4 Å². The van der Waals surface area contributed by atoms with Gasteiger partial charge in [-0.1, -0.05) is 12.2 Å². The highest BCUT2D eigenvalue weighted by Gasteiger charge is 2.35. The first kappa shape index (κ1) is 5.45. The maximum atomic E-state index is 13.3. The number of fused-ring (bicyclic) bond motifs is 2. The van der Waals surface area contributed by atoms with E-state index in [1.165, 1.54) is 0 Å². The van der Waals surface area contributed by atoms with Crippen LogP contribution in [0.2, 0.25) is 0 Å². The van der Waals surface area contributed by atoms with Crippen LogP contribution in [-0.4, -0.2) is 5.67 Å². The van der Waals surface area contributed by atoms with Gasteiger partial charge in [-0.3, -0.25) is 0 Å². The fourth-order valence-corrected chi connectivity index (χ4v) is 1.79. The van der Waals surface area contributed by atoms with E-state index in [-0.39, 0.29) is 0 Å². The van der Waals surface area contributed by atoms with Gasteiger partial charge < -0.3 is 0 Å². The van der Waals surface area contributed by atoms with E-state index in [2.05, 4.69) is 0 Å². The largest absolute Gasteiger partial charge is 0.239 e. The molecule has 3 aliphatic rings. The third-order valence-electron chi connectivity index (χ3n) is 2.53. The van der Waals surface area contributed by atoms with Crippen LogP contribution in [0, 0.1) is 5.92 Å². The molecule has 0 spiro atoms. The molecule has 3 rings (SSSR count). The SMILES string of the molecule is FC12C=CC(CC1)CC2. The third kappa shape index (κ3) is 0.790. The molecule has 0 heterocycles. The van der Waals surface area contributed by atoms with E-state index in [0.717, 1.165) is 25.7 Å². The molecule has 9 heavy (non-hydrogen) atoms. The highest BCUT2D eigenvalue weighted by Crippen LogP contribution is 2.41. The van der Waals surface area contributed by atoms with E-state index in [1.807, 2.05) is 6.08 Å². The summed E-state index contributed by atoms with van der Waals surface area (Å²) in [6, 6.07) is 0. The maximum absolute atomic E-state index is 13.3. The van der Waals surface area contributed by atoms with Crippen LogP contribution in [0.1, 0.15) is 25.7 Å².